The smallest absolute Gasteiger partial charge is 0.228 e. The van der Waals surface area contributed by atoms with Crippen molar-refractivity contribution in [1.82, 2.24) is 10.2 Å². The van der Waals surface area contributed by atoms with Crippen molar-refractivity contribution in [3.63, 3.8) is 0 Å². The average molecular weight is 278 g/mol. The van der Waals surface area contributed by atoms with Crippen molar-refractivity contribution in [1.29, 1.82) is 0 Å². The summed E-state index contributed by atoms with van der Waals surface area (Å²) < 4.78 is 0. The summed E-state index contributed by atoms with van der Waals surface area (Å²) in [5, 5.41) is 3.59. The van der Waals surface area contributed by atoms with Crippen LogP contribution in [0.15, 0.2) is 0 Å². The Morgan fingerprint density at radius 3 is 2.75 bits per heavy atom. The fraction of sp³-hybridized carbons (Fsp3) is 0.941. The third-order valence-electron chi connectivity index (χ3n) is 5.76. The SMILES string of the molecule is CC(C)CC1(C(=O)N2CCC3NCCC3C2)CCCC1. The first-order valence-electron chi connectivity index (χ1n) is 8.63. The normalized spacial score (nSPS) is 32.6. The van der Waals surface area contributed by atoms with E-state index >= 15 is 0 Å². The molecule has 3 nitrogen and oxygen atoms in total. The first-order valence-corrected chi connectivity index (χ1v) is 8.63. The molecule has 114 valence electrons. The minimum Gasteiger partial charge on any atom is -0.342 e. The Kier molecular flexibility index (Phi) is 4.07. The molecule has 3 heteroatoms. The van der Waals surface area contributed by atoms with Crippen molar-refractivity contribution >= 4 is 5.91 Å². The predicted molar refractivity (Wildman–Crippen MR) is 81.5 cm³/mol. The van der Waals surface area contributed by atoms with Gasteiger partial charge in [0.2, 0.25) is 5.91 Å². The molecule has 2 heterocycles. The first kappa shape index (κ1) is 14.4. The van der Waals surface area contributed by atoms with Gasteiger partial charge in [-0.15, -0.1) is 0 Å². The summed E-state index contributed by atoms with van der Waals surface area (Å²) in [4.78, 5) is 15.4. The van der Waals surface area contributed by atoms with Gasteiger partial charge in [-0.25, -0.2) is 0 Å². The van der Waals surface area contributed by atoms with E-state index in [9.17, 15) is 4.79 Å². The summed E-state index contributed by atoms with van der Waals surface area (Å²) in [7, 11) is 0. The van der Waals surface area contributed by atoms with E-state index in [0.717, 1.165) is 45.3 Å². The Labute approximate surface area is 123 Å². The van der Waals surface area contributed by atoms with E-state index in [2.05, 4.69) is 24.1 Å². The van der Waals surface area contributed by atoms with Crippen LogP contribution in [0.3, 0.4) is 0 Å². The zero-order chi connectivity index (χ0) is 14.2. The molecule has 0 radical (unpaired) electrons. The highest BCUT2D eigenvalue weighted by molar-refractivity contribution is 5.83. The molecule has 2 unspecified atom stereocenters. The summed E-state index contributed by atoms with van der Waals surface area (Å²) in [5.41, 5.74) is -0.00691. The second kappa shape index (κ2) is 5.67. The highest BCUT2D eigenvalue weighted by Crippen LogP contribution is 2.45. The van der Waals surface area contributed by atoms with Gasteiger partial charge in [0, 0.05) is 24.5 Å². The van der Waals surface area contributed by atoms with E-state index in [4.69, 9.17) is 0 Å². The molecule has 3 rings (SSSR count). The molecule has 2 aliphatic heterocycles. The van der Waals surface area contributed by atoms with Crippen LogP contribution in [0.1, 0.15) is 58.8 Å². The van der Waals surface area contributed by atoms with Gasteiger partial charge in [-0.1, -0.05) is 26.7 Å². The van der Waals surface area contributed by atoms with E-state index in [1.54, 1.807) is 0 Å². The molecule has 0 aromatic carbocycles. The van der Waals surface area contributed by atoms with Gasteiger partial charge in [0.1, 0.15) is 0 Å². The number of piperidine rings is 1. The van der Waals surface area contributed by atoms with E-state index < -0.39 is 0 Å². The van der Waals surface area contributed by atoms with E-state index in [-0.39, 0.29) is 5.41 Å². The summed E-state index contributed by atoms with van der Waals surface area (Å²) in [5.74, 6) is 1.84. The van der Waals surface area contributed by atoms with Crippen molar-refractivity contribution in [2.45, 2.75) is 64.8 Å². The molecular weight excluding hydrogens is 248 g/mol. The van der Waals surface area contributed by atoms with Gasteiger partial charge >= 0.3 is 0 Å². The van der Waals surface area contributed by atoms with E-state index in [1.165, 1.54) is 19.3 Å². The molecular formula is C17H30N2O. The topological polar surface area (TPSA) is 32.3 Å². The van der Waals surface area contributed by atoms with Crippen molar-refractivity contribution in [3.05, 3.63) is 0 Å². The molecule has 20 heavy (non-hydrogen) atoms. The van der Waals surface area contributed by atoms with Crippen LogP contribution in [0.5, 0.6) is 0 Å². The lowest BCUT2D eigenvalue weighted by Crippen LogP contribution is -2.51. The number of carbonyl (C=O) groups excluding carboxylic acids is 1. The van der Waals surface area contributed by atoms with Crippen LogP contribution in [-0.4, -0.2) is 36.5 Å². The van der Waals surface area contributed by atoms with Gasteiger partial charge in [0.05, 0.1) is 0 Å². The Morgan fingerprint density at radius 2 is 2.05 bits per heavy atom. The zero-order valence-electron chi connectivity index (χ0n) is 13.2. The number of amides is 1. The van der Waals surface area contributed by atoms with Gasteiger partial charge in [0.25, 0.3) is 0 Å². The van der Waals surface area contributed by atoms with Gasteiger partial charge in [-0.05, 0) is 50.5 Å². The standard InChI is InChI=1S/C17H30N2O/c1-13(2)11-17(7-3-4-8-17)16(20)19-10-6-15-14(12-19)5-9-18-15/h13-15,18H,3-12H2,1-2H3. The lowest BCUT2D eigenvalue weighted by Gasteiger charge is -2.41. The third kappa shape index (κ3) is 2.61. The van der Waals surface area contributed by atoms with Gasteiger partial charge < -0.3 is 10.2 Å². The van der Waals surface area contributed by atoms with E-state index in [1.807, 2.05) is 0 Å². The quantitative estimate of drug-likeness (QED) is 0.861. The molecule has 1 saturated carbocycles. The minimum absolute atomic E-state index is 0.00691. The fourth-order valence-electron chi connectivity index (χ4n) is 4.91. The molecule has 0 spiro atoms. The summed E-state index contributed by atoms with van der Waals surface area (Å²) >= 11 is 0. The molecule has 2 saturated heterocycles. The van der Waals surface area contributed by atoms with Crippen molar-refractivity contribution in [2.24, 2.45) is 17.3 Å². The second-order valence-corrected chi connectivity index (χ2v) is 7.73. The maximum Gasteiger partial charge on any atom is 0.228 e. The first-order chi connectivity index (χ1) is 9.61. The minimum atomic E-state index is -0.00691. The summed E-state index contributed by atoms with van der Waals surface area (Å²) in [6, 6.07) is 0.684. The monoisotopic (exact) mass is 278 g/mol. The number of nitrogens with one attached hydrogen (secondary N) is 1. The molecule has 1 amide bonds. The Morgan fingerprint density at radius 1 is 1.30 bits per heavy atom. The van der Waals surface area contributed by atoms with Crippen molar-refractivity contribution < 1.29 is 4.79 Å². The molecule has 1 aliphatic carbocycles. The van der Waals surface area contributed by atoms with Gasteiger partial charge in [0.15, 0.2) is 0 Å². The lowest BCUT2D eigenvalue weighted by molar-refractivity contribution is -0.145. The van der Waals surface area contributed by atoms with Crippen LogP contribution in [-0.2, 0) is 4.79 Å². The largest absolute Gasteiger partial charge is 0.342 e. The number of hydrogen-bond donors (Lipinski definition) is 1. The van der Waals surface area contributed by atoms with Gasteiger partial charge in [-0.2, -0.15) is 0 Å². The van der Waals surface area contributed by atoms with Gasteiger partial charge in [-0.3, -0.25) is 4.79 Å². The number of hydrogen-bond acceptors (Lipinski definition) is 2. The molecule has 3 fully saturated rings. The number of nitrogens with zero attached hydrogens (tertiary/aromatic N) is 1. The van der Waals surface area contributed by atoms with Crippen LogP contribution < -0.4 is 5.32 Å². The number of fused-ring (bicyclic) bond motifs is 1. The van der Waals surface area contributed by atoms with Crippen LogP contribution in [0.2, 0.25) is 0 Å². The van der Waals surface area contributed by atoms with E-state index in [0.29, 0.717) is 23.8 Å². The molecule has 3 aliphatic rings. The van der Waals surface area contributed by atoms with Crippen LogP contribution >= 0.6 is 0 Å². The Hall–Kier alpha value is -0.570. The highest BCUT2D eigenvalue weighted by atomic mass is 16.2. The molecule has 0 aromatic heterocycles. The van der Waals surface area contributed by atoms with Crippen LogP contribution in [0, 0.1) is 17.3 Å². The average Bonchev–Trinajstić information content (AvgIpc) is 3.05. The molecule has 2 atom stereocenters. The third-order valence-corrected chi connectivity index (χ3v) is 5.76. The van der Waals surface area contributed by atoms with Crippen LogP contribution in [0.4, 0.5) is 0 Å². The number of likely N-dealkylation sites (tertiary alicyclic amines) is 1. The Bertz CT molecular complexity index is 360. The maximum absolute atomic E-state index is 13.2. The maximum atomic E-state index is 13.2. The lowest BCUT2D eigenvalue weighted by atomic mass is 9.76. The second-order valence-electron chi connectivity index (χ2n) is 7.73. The van der Waals surface area contributed by atoms with Crippen molar-refractivity contribution in [3.8, 4) is 0 Å². The van der Waals surface area contributed by atoms with Crippen LogP contribution in [0.25, 0.3) is 0 Å². The molecule has 1 N–H and O–H groups in total. The number of rotatable bonds is 3. The molecule has 0 bridgehead atoms. The Balaban J connectivity index is 1.70. The predicted octanol–water partition coefficient (Wildman–Crippen LogP) is 2.80. The fourth-order valence-corrected chi connectivity index (χ4v) is 4.91. The summed E-state index contributed by atoms with van der Waals surface area (Å²) in [6.07, 6.45) is 8.27. The molecule has 0 aromatic rings. The zero-order valence-corrected chi connectivity index (χ0v) is 13.2. The van der Waals surface area contributed by atoms with Crippen molar-refractivity contribution in [2.75, 3.05) is 19.6 Å². The number of carbonyl (C=O) groups is 1. The summed E-state index contributed by atoms with van der Waals surface area (Å²) in [6.45, 7) is 7.67. The highest BCUT2D eigenvalue weighted by Gasteiger charge is 2.45.